The van der Waals surface area contributed by atoms with Crippen molar-refractivity contribution in [1.29, 1.82) is 0 Å². The maximum atomic E-state index is 11.4. The second-order valence-electron chi connectivity index (χ2n) is 5.79. The monoisotopic (exact) mass is 281 g/mol. The van der Waals surface area contributed by atoms with Crippen LogP contribution in [0.3, 0.4) is 0 Å². The maximum absolute atomic E-state index is 11.4. The summed E-state index contributed by atoms with van der Waals surface area (Å²) in [5.74, 6) is 1.64. The second-order valence-corrected chi connectivity index (χ2v) is 7.80. The van der Waals surface area contributed by atoms with E-state index in [1.165, 1.54) is 19.1 Å². The molecule has 0 aromatic heterocycles. The number of sulfone groups is 1. The maximum Gasteiger partial charge on any atom is 0.175 e. The van der Waals surface area contributed by atoms with E-state index in [-0.39, 0.29) is 6.04 Å². The molecule has 2 unspecified atom stereocenters. The standard InChI is InChI=1S/C15H23NO2S/c1-11(13-4-5-13)10-16-12(2)14-6-8-15(9-7-14)19(3,17)18/h6-9,11-13,16H,4-5,10H2,1-3H3. The van der Waals surface area contributed by atoms with Gasteiger partial charge >= 0.3 is 0 Å². The Kier molecular flexibility index (Phi) is 4.31. The van der Waals surface area contributed by atoms with Gasteiger partial charge in [-0.2, -0.15) is 0 Å². The number of benzene rings is 1. The van der Waals surface area contributed by atoms with Crippen molar-refractivity contribution in [2.24, 2.45) is 11.8 Å². The van der Waals surface area contributed by atoms with Gasteiger partial charge in [0.05, 0.1) is 4.90 Å². The van der Waals surface area contributed by atoms with E-state index in [1.807, 2.05) is 12.1 Å². The van der Waals surface area contributed by atoms with E-state index in [0.717, 1.165) is 23.9 Å². The lowest BCUT2D eigenvalue weighted by atomic mass is 10.0. The summed E-state index contributed by atoms with van der Waals surface area (Å²) in [4.78, 5) is 0.384. The molecular formula is C15H23NO2S. The Morgan fingerprint density at radius 2 is 1.79 bits per heavy atom. The molecule has 0 radical (unpaired) electrons. The highest BCUT2D eigenvalue weighted by Crippen LogP contribution is 2.36. The molecule has 1 aromatic carbocycles. The molecule has 1 aliphatic carbocycles. The quantitative estimate of drug-likeness (QED) is 0.872. The van der Waals surface area contributed by atoms with Gasteiger partial charge in [0, 0.05) is 12.3 Å². The summed E-state index contributed by atoms with van der Waals surface area (Å²) < 4.78 is 22.8. The molecule has 1 saturated carbocycles. The lowest BCUT2D eigenvalue weighted by molar-refractivity contribution is 0.432. The van der Waals surface area contributed by atoms with Gasteiger partial charge in [-0.25, -0.2) is 8.42 Å². The smallest absolute Gasteiger partial charge is 0.175 e. The summed E-state index contributed by atoms with van der Waals surface area (Å²) in [6.45, 7) is 5.44. The minimum atomic E-state index is -3.09. The van der Waals surface area contributed by atoms with Gasteiger partial charge in [-0.15, -0.1) is 0 Å². The third kappa shape index (κ3) is 4.05. The van der Waals surface area contributed by atoms with E-state index in [2.05, 4.69) is 19.2 Å². The van der Waals surface area contributed by atoms with Crippen molar-refractivity contribution in [2.75, 3.05) is 12.8 Å². The highest BCUT2D eigenvalue weighted by molar-refractivity contribution is 7.90. The zero-order valence-corrected chi connectivity index (χ0v) is 12.7. The molecule has 0 aliphatic heterocycles. The van der Waals surface area contributed by atoms with Gasteiger partial charge in [0.15, 0.2) is 9.84 Å². The topological polar surface area (TPSA) is 46.2 Å². The fourth-order valence-corrected chi connectivity index (χ4v) is 2.95. The average molecular weight is 281 g/mol. The molecule has 0 bridgehead atoms. The third-order valence-corrected chi connectivity index (χ3v) is 5.11. The van der Waals surface area contributed by atoms with Crippen molar-refractivity contribution >= 4 is 9.84 Å². The third-order valence-electron chi connectivity index (χ3n) is 3.98. The summed E-state index contributed by atoms with van der Waals surface area (Å²) >= 11 is 0. The van der Waals surface area contributed by atoms with Crippen molar-refractivity contribution in [3.63, 3.8) is 0 Å². The number of nitrogens with one attached hydrogen (secondary N) is 1. The Bertz CT molecular complexity index is 518. The molecule has 2 atom stereocenters. The molecule has 0 spiro atoms. The minimum absolute atomic E-state index is 0.259. The number of hydrogen-bond acceptors (Lipinski definition) is 3. The lowest BCUT2D eigenvalue weighted by Crippen LogP contribution is -2.25. The van der Waals surface area contributed by atoms with Crippen LogP contribution >= 0.6 is 0 Å². The van der Waals surface area contributed by atoms with Gasteiger partial charge in [0.25, 0.3) is 0 Å². The van der Waals surface area contributed by atoms with Gasteiger partial charge in [0.1, 0.15) is 0 Å². The largest absolute Gasteiger partial charge is 0.310 e. The van der Waals surface area contributed by atoms with E-state index >= 15 is 0 Å². The van der Waals surface area contributed by atoms with Crippen LogP contribution in [0.2, 0.25) is 0 Å². The van der Waals surface area contributed by atoms with Crippen molar-refractivity contribution in [3.05, 3.63) is 29.8 Å². The fraction of sp³-hybridized carbons (Fsp3) is 0.600. The normalized spacial score (nSPS) is 19.1. The summed E-state index contributed by atoms with van der Waals surface area (Å²) in [7, 11) is -3.09. The molecule has 1 aromatic rings. The molecule has 0 heterocycles. The van der Waals surface area contributed by atoms with E-state index in [4.69, 9.17) is 0 Å². The summed E-state index contributed by atoms with van der Waals surface area (Å²) in [5.41, 5.74) is 1.13. The zero-order chi connectivity index (χ0) is 14.0. The average Bonchev–Trinajstić information content (AvgIpc) is 3.19. The van der Waals surface area contributed by atoms with Crippen LogP contribution in [-0.2, 0) is 9.84 Å². The zero-order valence-electron chi connectivity index (χ0n) is 11.9. The summed E-state index contributed by atoms with van der Waals surface area (Å²) in [6.07, 6.45) is 3.99. The predicted octanol–water partition coefficient (Wildman–Crippen LogP) is 2.79. The van der Waals surface area contributed by atoms with Crippen LogP contribution in [0, 0.1) is 11.8 Å². The van der Waals surface area contributed by atoms with Crippen molar-refractivity contribution in [1.82, 2.24) is 5.32 Å². The first kappa shape index (κ1) is 14.5. The van der Waals surface area contributed by atoms with Crippen LogP contribution in [0.4, 0.5) is 0 Å². The Balaban J connectivity index is 1.93. The van der Waals surface area contributed by atoms with E-state index in [9.17, 15) is 8.42 Å². The Morgan fingerprint density at radius 3 is 2.26 bits per heavy atom. The SMILES string of the molecule is CC(NCC(C)C1CC1)c1ccc(S(C)(=O)=O)cc1. The molecular weight excluding hydrogens is 258 g/mol. The first-order valence-electron chi connectivity index (χ1n) is 6.91. The predicted molar refractivity (Wildman–Crippen MR) is 77.9 cm³/mol. The summed E-state index contributed by atoms with van der Waals surface area (Å²) in [5, 5.41) is 3.53. The van der Waals surface area contributed by atoms with Gasteiger partial charge in [-0.3, -0.25) is 0 Å². The van der Waals surface area contributed by atoms with E-state index in [1.54, 1.807) is 12.1 Å². The first-order valence-corrected chi connectivity index (χ1v) is 8.80. The molecule has 1 fully saturated rings. The molecule has 4 heteroatoms. The molecule has 2 rings (SSSR count). The Labute approximate surface area is 116 Å². The molecule has 1 N–H and O–H groups in total. The van der Waals surface area contributed by atoms with E-state index < -0.39 is 9.84 Å². The summed E-state index contributed by atoms with van der Waals surface area (Å²) in [6, 6.07) is 7.43. The highest BCUT2D eigenvalue weighted by atomic mass is 32.2. The van der Waals surface area contributed by atoms with Crippen LogP contribution < -0.4 is 5.32 Å². The number of rotatable bonds is 6. The van der Waals surface area contributed by atoms with Crippen LogP contribution in [-0.4, -0.2) is 21.2 Å². The molecule has 19 heavy (non-hydrogen) atoms. The van der Waals surface area contributed by atoms with Gasteiger partial charge in [0.2, 0.25) is 0 Å². The van der Waals surface area contributed by atoms with Crippen molar-refractivity contribution in [3.8, 4) is 0 Å². The van der Waals surface area contributed by atoms with Gasteiger partial charge in [-0.05, 0) is 55.8 Å². The van der Waals surface area contributed by atoms with Crippen molar-refractivity contribution in [2.45, 2.75) is 37.6 Å². The minimum Gasteiger partial charge on any atom is -0.310 e. The van der Waals surface area contributed by atoms with Crippen LogP contribution in [0.1, 0.15) is 38.3 Å². The second kappa shape index (κ2) is 5.63. The Hall–Kier alpha value is -0.870. The lowest BCUT2D eigenvalue weighted by Gasteiger charge is -2.18. The molecule has 0 saturated heterocycles. The Morgan fingerprint density at radius 1 is 1.21 bits per heavy atom. The van der Waals surface area contributed by atoms with Gasteiger partial charge < -0.3 is 5.32 Å². The highest BCUT2D eigenvalue weighted by Gasteiger charge is 2.27. The van der Waals surface area contributed by atoms with Crippen LogP contribution in [0.15, 0.2) is 29.2 Å². The molecule has 0 amide bonds. The molecule has 1 aliphatic rings. The first-order chi connectivity index (χ1) is 8.88. The van der Waals surface area contributed by atoms with Crippen LogP contribution in [0.5, 0.6) is 0 Å². The number of hydrogen-bond donors (Lipinski definition) is 1. The van der Waals surface area contributed by atoms with Crippen LogP contribution in [0.25, 0.3) is 0 Å². The molecule has 106 valence electrons. The van der Waals surface area contributed by atoms with Crippen molar-refractivity contribution < 1.29 is 8.42 Å². The fourth-order valence-electron chi connectivity index (χ4n) is 2.32. The van der Waals surface area contributed by atoms with E-state index in [0.29, 0.717) is 4.90 Å². The molecule has 3 nitrogen and oxygen atoms in total. The van der Waals surface area contributed by atoms with Gasteiger partial charge in [-0.1, -0.05) is 19.1 Å².